The highest BCUT2D eigenvalue weighted by Crippen LogP contribution is 2.40. The van der Waals surface area contributed by atoms with Gasteiger partial charge in [0.15, 0.2) is 5.82 Å². The maximum Gasteiger partial charge on any atom is 0.225 e. The first-order chi connectivity index (χ1) is 15.5. The van der Waals surface area contributed by atoms with Gasteiger partial charge in [0, 0.05) is 23.1 Å². The maximum absolute atomic E-state index is 11.2. The number of fused-ring (bicyclic) bond motifs is 1. The maximum atomic E-state index is 11.2. The molecule has 3 aromatic heterocycles. The molecule has 1 aliphatic heterocycles. The molecule has 0 atom stereocenters. The molecular weight excluding hydrogens is 404 g/mol. The molecule has 32 heavy (non-hydrogen) atoms. The van der Waals surface area contributed by atoms with Crippen molar-refractivity contribution in [3.8, 4) is 22.4 Å². The Hall–Kier alpha value is -3.95. The number of hydrogen-bond donors (Lipinski definition) is 2. The molecule has 2 N–H and O–H groups in total. The predicted octanol–water partition coefficient (Wildman–Crippen LogP) is 3.08. The van der Waals surface area contributed by atoms with Gasteiger partial charge in [-0.2, -0.15) is 20.4 Å². The van der Waals surface area contributed by atoms with E-state index < -0.39 is 0 Å². The van der Waals surface area contributed by atoms with Crippen molar-refractivity contribution in [2.24, 2.45) is 0 Å². The number of rotatable bonds is 4. The molecule has 0 bridgehead atoms. The highest BCUT2D eigenvalue weighted by molar-refractivity contribution is 5.88. The highest BCUT2D eigenvalue weighted by Gasteiger charge is 2.33. The average Bonchev–Trinajstić information content (AvgIpc) is 3.11. The zero-order valence-electron chi connectivity index (χ0n) is 17.8. The molecule has 0 unspecified atom stereocenters. The van der Waals surface area contributed by atoms with Crippen LogP contribution in [0.1, 0.15) is 17.1 Å². The van der Waals surface area contributed by atoms with E-state index in [9.17, 15) is 5.21 Å². The van der Waals surface area contributed by atoms with Gasteiger partial charge in [-0.1, -0.05) is 30.3 Å². The summed E-state index contributed by atoms with van der Waals surface area (Å²) in [5, 5.41) is 30.7. The summed E-state index contributed by atoms with van der Waals surface area (Å²) in [6.45, 7) is 4.48. The van der Waals surface area contributed by atoms with Crippen molar-refractivity contribution < 1.29 is 5.21 Å². The van der Waals surface area contributed by atoms with Gasteiger partial charge in [0.25, 0.3) is 0 Å². The Bertz CT molecular complexity index is 1320. The molecular formula is C23H22N8O. The van der Waals surface area contributed by atoms with Crippen molar-refractivity contribution in [1.29, 1.82) is 5.41 Å². The summed E-state index contributed by atoms with van der Waals surface area (Å²) in [5.74, 6) is 0.484. The van der Waals surface area contributed by atoms with Crippen LogP contribution in [-0.4, -0.2) is 34.9 Å². The second kappa shape index (κ2) is 7.95. The van der Waals surface area contributed by atoms with Crippen LogP contribution in [0.2, 0.25) is 0 Å². The first kappa shape index (κ1) is 20.0. The van der Waals surface area contributed by atoms with Gasteiger partial charge in [-0.25, -0.2) is 4.98 Å². The van der Waals surface area contributed by atoms with E-state index in [0.29, 0.717) is 23.8 Å². The number of benzene rings is 1. The summed E-state index contributed by atoms with van der Waals surface area (Å²) in [4.78, 5) is 9.14. The largest absolute Gasteiger partial charge is 0.278 e. The summed E-state index contributed by atoms with van der Waals surface area (Å²) >= 11 is 0. The fourth-order valence-electron chi connectivity index (χ4n) is 4.03. The molecule has 160 valence electrons. The molecule has 0 fully saturated rings. The molecule has 0 saturated carbocycles. The molecule has 0 radical (unpaired) electrons. The Labute approximate surface area is 184 Å². The van der Waals surface area contributed by atoms with Crippen LogP contribution in [0.15, 0.2) is 60.8 Å². The normalized spacial score (nSPS) is 13.4. The third-order valence-corrected chi connectivity index (χ3v) is 5.34. The SMILES string of the molecule is Cc1cc(-c2c(-c3ccccc3)nc(=N)n3c2N(O)N(Cc2cccnn2)C3)cc(C)n1. The zero-order chi connectivity index (χ0) is 22.2. The Balaban J connectivity index is 1.72. The number of pyridine rings is 1. The summed E-state index contributed by atoms with van der Waals surface area (Å²) in [5.41, 5.74) is 5.62. The minimum Gasteiger partial charge on any atom is -0.278 e. The molecule has 0 aliphatic carbocycles. The molecule has 1 aliphatic rings. The number of nitrogens with zero attached hydrogens (tertiary/aromatic N) is 7. The highest BCUT2D eigenvalue weighted by atomic mass is 16.6. The van der Waals surface area contributed by atoms with E-state index in [0.717, 1.165) is 33.3 Å². The molecule has 0 saturated heterocycles. The van der Waals surface area contributed by atoms with Gasteiger partial charge < -0.3 is 0 Å². The van der Waals surface area contributed by atoms with Crippen LogP contribution in [0.25, 0.3) is 22.4 Å². The number of aryl methyl sites for hydroxylation is 2. The van der Waals surface area contributed by atoms with Gasteiger partial charge in [-0.3, -0.25) is 20.2 Å². The fraction of sp³-hybridized carbons (Fsp3) is 0.174. The number of hydrazine groups is 1. The van der Waals surface area contributed by atoms with E-state index >= 15 is 0 Å². The lowest BCUT2D eigenvalue weighted by molar-refractivity contribution is 0.0612. The molecule has 9 heteroatoms. The molecule has 9 nitrogen and oxygen atoms in total. The number of nitrogens with one attached hydrogen (secondary N) is 1. The first-order valence-corrected chi connectivity index (χ1v) is 10.2. The molecule has 5 rings (SSSR count). The lowest BCUT2D eigenvalue weighted by Crippen LogP contribution is -2.35. The summed E-state index contributed by atoms with van der Waals surface area (Å²) in [6, 6.07) is 17.3. The van der Waals surface area contributed by atoms with Crippen molar-refractivity contribution in [2.45, 2.75) is 27.1 Å². The van der Waals surface area contributed by atoms with Crippen molar-refractivity contribution in [1.82, 2.24) is 29.7 Å². The fourth-order valence-corrected chi connectivity index (χ4v) is 4.03. The van der Waals surface area contributed by atoms with Gasteiger partial charge >= 0.3 is 0 Å². The van der Waals surface area contributed by atoms with E-state index in [1.165, 1.54) is 0 Å². The van der Waals surface area contributed by atoms with Crippen molar-refractivity contribution >= 4 is 5.82 Å². The predicted molar refractivity (Wildman–Crippen MR) is 118 cm³/mol. The first-order valence-electron chi connectivity index (χ1n) is 10.2. The number of aromatic nitrogens is 5. The van der Waals surface area contributed by atoms with E-state index in [-0.39, 0.29) is 12.3 Å². The van der Waals surface area contributed by atoms with Crippen LogP contribution in [0.3, 0.4) is 0 Å². The van der Waals surface area contributed by atoms with Gasteiger partial charge in [0.2, 0.25) is 5.62 Å². The van der Waals surface area contributed by atoms with Gasteiger partial charge in [-0.15, -0.1) is 0 Å². The van der Waals surface area contributed by atoms with Crippen molar-refractivity contribution in [3.63, 3.8) is 0 Å². The van der Waals surface area contributed by atoms with Gasteiger partial charge in [0.05, 0.1) is 23.5 Å². The minimum atomic E-state index is 0.0609. The third-order valence-electron chi connectivity index (χ3n) is 5.34. The lowest BCUT2D eigenvalue weighted by atomic mass is 9.99. The van der Waals surface area contributed by atoms with Crippen LogP contribution >= 0.6 is 0 Å². The topological polar surface area (TPSA) is 107 Å². The Kier molecular flexibility index (Phi) is 4.96. The van der Waals surface area contributed by atoms with Crippen LogP contribution in [0.5, 0.6) is 0 Å². The van der Waals surface area contributed by atoms with Crippen LogP contribution < -0.4 is 10.8 Å². The quantitative estimate of drug-likeness (QED) is 0.516. The van der Waals surface area contributed by atoms with Crippen LogP contribution in [0.4, 0.5) is 5.82 Å². The van der Waals surface area contributed by atoms with Gasteiger partial charge in [-0.05, 0) is 43.7 Å². The Morgan fingerprint density at radius 2 is 1.72 bits per heavy atom. The molecule has 0 amide bonds. The van der Waals surface area contributed by atoms with E-state index in [1.54, 1.807) is 21.8 Å². The van der Waals surface area contributed by atoms with Crippen molar-refractivity contribution in [3.05, 3.63) is 83.5 Å². The molecule has 4 heterocycles. The number of anilines is 1. The Morgan fingerprint density at radius 1 is 0.969 bits per heavy atom. The second-order valence-corrected chi connectivity index (χ2v) is 7.73. The van der Waals surface area contributed by atoms with Crippen LogP contribution in [-0.2, 0) is 13.2 Å². The van der Waals surface area contributed by atoms with Crippen LogP contribution in [0, 0.1) is 19.3 Å². The second-order valence-electron chi connectivity index (χ2n) is 7.73. The standard InChI is InChI=1S/C23H22N8O/c1-15-11-18(12-16(2)26-15)20-21(17-7-4-3-5-8-17)27-23(24)30-14-29(31(32)22(20)30)13-19-9-6-10-25-28-19/h3-12,24,32H,13-14H2,1-2H3. The van der Waals surface area contributed by atoms with E-state index in [4.69, 9.17) is 5.41 Å². The zero-order valence-corrected chi connectivity index (χ0v) is 17.8. The third kappa shape index (κ3) is 3.53. The van der Waals surface area contributed by atoms with E-state index in [2.05, 4.69) is 20.2 Å². The molecule has 1 aromatic carbocycles. The van der Waals surface area contributed by atoms with E-state index in [1.807, 2.05) is 62.4 Å². The Morgan fingerprint density at radius 3 is 2.41 bits per heavy atom. The van der Waals surface area contributed by atoms with Gasteiger partial charge in [0.1, 0.15) is 6.67 Å². The summed E-state index contributed by atoms with van der Waals surface area (Å²) < 4.78 is 1.68. The number of hydrogen-bond acceptors (Lipinski definition) is 8. The monoisotopic (exact) mass is 426 g/mol. The minimum absolute atomic E-state index is 0.0609. The molecule has 4 aromatic rings. The lowest BCUT2D eigenvalue weighted by Gasteiger charge is -2.23. The molecule has 0 spiro atoms. The smallest absolute Gasteiger partial charge is 0.225 e. The van der Waals surface area contributed by atoms with Crippen molar-refractivity contribution in [2.75, 3.05) is 5.17 Å². The average molecular weight is 426 g/mol. The summed E-state index contributed by atoms with van der Waals surface area (Å²) in [6.07, 6.45) is 1.61. The summed E-state index contributed by atoms with van der Waals surface area (Å²) in [7, 11) is 0.